The number of rotatable bonds is 3. The number of halogens is 4. The Morgan fingerprint density at radius 1 is 1.11 bits per heavy atom. The standard InChI is InChI=1S/C20H17ClF3NO2/c1-10-4-5-16(21)15(8-10)18(26)17-12(3)19(27-25-17)13-6-11(2)7-14(9-13)20(22,23)24/h4-9,12,19H,1-3H3. The van der Waals surface area contributed by atoms with Gasteiger partial charge in [0.2, 0.25) is 5.78 Å². The highest BCUT2D eigenvalue weighted by atomic mass is 35.5. The van der Waals surface area contributed by atoms with E-state index >= 15 is 0 Å². The van der Waals surface area contributed by atoms with Gasteiger partial charge >= 0.3 is 6.18 Å². The lowest BCUT2D eigenvalue weighted by atomic mass is 9.88. The van der Waals surface area contributed by atoms with E-state index in [0.29, 0.717) is 21.7 Å². The van der Waals surface area contributed by atoms with Crippen LogP contribution in [0.3, 0.4) is 0 Å². The van der Waals surface area contributed by atoms with Gasteiger partial charge in [-0.3, -0.25) is 4.79 Å². The van der Waals surface area contributed by atoms with Gasteiger partial charge in [-0.25, -0.2) is 0 Å². The van der Waals surface area contributed by atoms with Crippen LogP contribution in [0.1, 0.15) is 45.6 Å². The van der Waals surface area contributed by atoms with Gasteiger partial charge in [-0.05, 0) is 43.7 Å². The number of benzene rings is 2. The minimum atomic E-state index is -4.46. The molecular weight excluding hydrogens is 379 g/mol. The fourth-order valence-corrected chi connectivity index (χ4v) is 3.32. The number of aryl methyl sites for hydroxylation is 2. The topological polar surface area (TPSA) is 38.7 Å². The molecule has 1 heterocycles. The van der Waals surface area contributed by atoms with Crippen molar-refractivity contribution >= 4 is 23.1 Å². The molecule has 0 aliphatic carbocycles. The van der Waals surface area contributed by atoms with Crippen LogP contribution in [0.25, 0.3) is 0 Å². The minimum absolute atomic E-state index is 0.141. The highest BCUT2D eigenvalue weighted by Crippen LogP contribution is 2.38. The molecule has 1 aliphatic heterocycles. The maximum absolute atomic E-state index is 13.1. The number of Topliss-reactive ketones (excluding diaryl/α,β-unsaturated/α-hetero) is 1. The number of nitrogens with zero attached hydrogens (tertiary/aromatic N) is 1. The van der Waals surface area contributed by atoms with Gasteiger partial charge in [-0.1, -0.05) is 46.9 Å². The first-order chi connectivity index (χ1) is 12.6. The molecule has 0 fully saturated rings. The average Bonchev–Trinajstić information content (AvgIpc) is 2.96. The first-order valence-corrected chi connectivity index (χ1v) is 8.69. The summed E-state index contributed by atoms with van der Waals surface area (Å²) in [5.74, 6) is -0.903. The number of carbonyl (C=O) groups excluding carboxylic acids is 1. The number of carbonyl (C=O) groups is 1. The van der Waals surface area contributed by atoms with Crippen LogP contribution in [0.15, 0.2) is 41.6 Å². The van der Waals surface area contributed by atoms with Crippen molar-refractivity contribution < 1.29 is 22.8 Å². The van der Waals surface area contributed by atoms with E-state index in [-0.39, 0.29) is 11.5 Å². The van der Waals surface area contributed by atoms with Crippen LogP contribution < -0.4 is 0 Å². The van der Waals surface area contributed by atoms with E-state index in [4.69, 9.17) is 16.4 Å². The van der Waals surface area contributed by atoms with Crippen LogP contribution in [-0.4, -0.2) is 11.5 Å². The Bertz CT molecular complexity index is 937. The fraction of sp³-hybridized carbons (Fsp3) is 0.300. The van der Waals surface area contributed by atoms with Gasteiger partial charge in [0.15, 0.2) is 6.10 Å². The quantitative estimate of drug-likeness (QED) is 0.605. The molecule has 3 nitrogen and oxygen atoms in total. The lowest BCUT2D eigenvalue weighted by Gasteiger charge is -2.17. The number of hydrogen-bond donors (Lipinski definition) is 0. The summed E-state index contributed by atoms with van der Waals surface area (Å²) in [4.78, 5) is 18.2. The van der Waals surface area contributed by atoms with Crippen molar-refractivity contribution in [2.75, 3.05) is 0 Å². The summed E-state index contributed by atoms with van der Waals surface area (Å²) in [6.07, 6.45) is -5.23. The molecule has 0 bridgehead atoms. The van der Waals surface area contributed by atoms with Crippen LogP contribution in [0, 0.1) is 19.8 Å². The summed E-state index contributed by atoms with van der Waals surface area (Å²) >= 11 is 6.12. The van der Waals surface area contributed by atoms with E-state index in [1.54, 1.807) is 38.1 Å². The van der Waals surface area contributed by atoms with Gasteiger partial charge in [0.1, 0.15) is 5.71 Å². The maximum atomic E-state index is 13.1. The normalized spacial score (nSPS) is 19.6. The Morgan fingerprint density at radius 2 is 1.81 bits per heavy atom. The molecule has 0 radical (unpaired) electrons. The second-order valence-corrected chi connectivity index (χ2v) is 7.14. The van der Waals surface area contributed by atoms with Crippen LogP contribution >= 0.6 is 11.6 Å². The first-order valence-electron chi connectivity index (χ1n) is 8.31. The zero-order chi connectivity index (χ0) is 19.9. The molecule has 2 aromatic carbocycles. The van der Waals surface area contributed by atoms with Gasteiger partial charge in [0, 0.05) is 11.5 Å². The molecule has 27 heavy (non-hydrogen) atoms. The molecule has 3 rings (SSSR count). The van der Waals surface area contributed by atoms with Crippen molar-refractivity contribution in [2.24, 2.45) is 11.1 Å². The molecule has 0 N–H and O–H groups in total. The third-order valence-electron chi connectivity index (χ3n) is 4.50. The van der Waals surface area contributed by atoms with Gasteiger partial charge in [-0.2, -0.15) is 13.2 Å². The molecule has 0 aromatic heterocycles. The SMILES string of the molecule is Cc1cc(C2ON=C(C(=O)c3cc(C)ccc3Cl)C2C)cc(C(F)(F)F)c1. The van der Waals surface area contributed by atoms with Crippen molar-refractivity contribution in [3.05, 3.63) is 69.2 Å². The number of alkyl halides is 3. The molecule has 7 heteroatoms. The lowest BCUT2D eigenvalue weighted by molar-refractivity contribution is -0.137. The second-order valence-electron chi connectivity index (χ2n) is 6.73. The van der Waals surface area contributed by atoms with E-state index in [1.807, 2.05) is 6.92 Å². The van der Waals surface area contributed by atoms with Crippen LogP contribution in [-0.2, 0) is 11.0 Å². The maximum Gasteiger partial charge on any atom is 0.416 e. The van der Waals surface area contributed by atoms with Gasteiger partial charge in [0.05, 0.1) is 10.6 Å². The fourth-order valence-electron chi connectivity index (χ4n) is 3.12. The number of ketones is 1. The second kappa shape index (κ2) is 7.00. The molecule has 1 aliphatic rings. The predicted octanol–water partition coefficient (Wildman–Crippen LogP) is 5.92. The highest BCUT2D eigenvalue weighted by Gasteiger charge is 2.38. The summed E-state index contributed by atoms with van der Waals surface area (Å²) < 4.78 is 39.3. The summed E-state index contributed by atoms with van der Waals surface area (Å²) in [5, 5.41) is 4.16. The van der Waals surface area contributed by atoms with Crippen LogP contribution in [0.5, 0.6) is 0 Å². The zero-order valence-corrected chi connectivity index (χ0v) is 15.7. The van der Waals surface area contributed by atoms with E-state index in [9.17, 15) is 18.0 Å². The van der Waals surface area contributed by atoms with Gasteiger partial charge in [-0.15, -0.1) is 0 Å². The molecule has 0 saturated heterocycles. The van der Waals surface area contributed by atoms with Crippen molar-refractivity contribution in [1.82, 2.24) is 0 Å². The molecule has 2 aromatic rings. The Labute approximate surface area is 159 Å². The van der Waals surface area contributed by atoms with E-state index < -0.39 is 23.8 Å². The Balaban J connectivity index is 1.91. The van der Waals surface area contributed by atoms with Crippen molar-refractivity contribution in [2.45, 2.75) is 33.1 Å². The predicted molar refractivity (Wildman–Crippen MR) is 97.1 cm³/mol. The summed E-state index contributed by atoms with van der Waals surface area (Å²) in [6.45, 7) is 5.11. The molecule has 2 unspecified atom stereocenters. The third kappa shape index (κ3) is 3.86. The lowest BCUT2D eigenvalue weighted by Crippen LogP contribution is -2.23. The van der Waals surface area contributed by atoms with Gasteiger partial charge in [0.25, 0.3) is 0 Å². The average molecular weight is 396 g/mol. The number of hydrogen-bond acceptors (Lipinski definition) is 3. The minimum Gasteiger partial charge on any atom is -0.387 e. The molecule has 142 valence electrons. The Kier molecular flexibility index (Phi) is 5.04. The van der Waals surface area contributed by atoms with Crippen LogP contribution in [0.4, 0.5) is 13.2 Å². The van der Waals surface area contributed by atoms with Crippen LogP contribution in [0.2, 0.25) is 5.02 Å². The van der Waals surface area contributed by atoms with E-state index in [2.05, 4.69) is 5.16 Å². The van der Waals surface area contributed by atoms with Crippen molar-refractivity contribution in [1.29, 1.82) is 0 Å². The molecule has 0 saturated carbocycles. The smallest absolute Gasteiger partial charge is 0.387 e. The monoisotopic (exact) mass is 395 g/mol. The molecule has 0 spiro atoms. The zero-order valence-electron chi connectivity index (χ0n) is 14.9. The summed E-state index contributed by atoms with van der Waals surface area (Å²) in [7, 11) is 0. The molecule has 2 atom stereocenters. The third-order valence-corrected chi connectivity index (χ3v) is 4.83. The first kappa shape index (κ1) is 19.4. The van der Waals surface area contributed by atoms with Crippen molar-refractivity contribution in [3.63, 3.8) is 0 Å². The largest absolute Gasteiger partial charge is 0.416 e. The number of oxime groups is 1. The van der Waals surface area contributed by atoms with Crippen molar-refractivity contribution in [3.8, 4) is 0 Å². The van der Waals surface area contributed by atoms with Gasteiger partial charge < -0.3 is 4.84 Å². The Hall–Kier alpha value is -2.34. The molecule has 0 amide bonds. The Morgan fingerprint density at radius 3 is 2.48 bits per heavy atom. The highest BCUT2D eigenvalue weighted by molar-refractivity contribution is 6.50. The summed E-state index contributed by atoms with van der Waals surface area (Å²) in [5.41, 5.74) is 1.33. The van der Waals surface area contributed by atoms with E-state index in [0.717, 1.165) is 17.7 Å². The summed E-state index contributed by atoms with van der Waals surface area (Å²) in [6, 6.07) is 8.78. The molecular formula is C20H17ClF3NO2. The van der Waals surface area contributed by atoms with E-state index in [1.165, 1.54) is 0 Å².